The Labute approximate surface area is 103 Å². The molecule has 0 unspecified atom stereocenters. The third-order valence-corrected chi connectivity index (χ3v) is 3.64. The maximum absolute atomic E-state index is 13.9. The van der Waals surface area contributed by atoms with Crippen molar-refractivity contribution in [3.63, 3.8) is 0 Å². The molecule has 0 spiro atoms. The Morgan fingerprint density at radius 2 is 2.29 bits per heavy atom. The maximum atomic E-state index is 13.9. The SMILES string of the molecule is Oc1cc2c(c3c(F)cccc13)[C@H](CCl)CN2. The number of alkyl halides is 1. The number of halogens is 2. The molecule has 2 aromatic rings. The van der Waals surface area contributed by atoms with Crippen LogP contribution in [-0.2, 0) is 0 Å². The second kappa shape index (κ2) is 3.77. The van der Waals surface area contributed by atoms with Gasteiger partial charge in [0.1, 0.15) is 11.6 Å². The van der Waals surface area contributed by atoms with E-state index in [9.17, 15) is 9.50 Å². The van der Waals surface area contributed by atoms with E-state index < -0.39 is 0 Å². The molecule has 1 atom stereocenters. The van der Waals surface area contributed by atoms with Crippen LogP contribution in [0, 0.1) is 5.82 Å². The minimum atomic E-state index is -0.312. The van der Waals surface area contributed by atoms with Crippen LogP contribution in [0.3, 0.4) is 0 Å². The quantitative estimate of drug-likeness (QED) is 0.761. The number of phenolic OH excluding ortho intramolecular Hbond substituents is 1. The Balaban J connectivity index is 2.43. The van der Waals surface area contributed by atoms with Crippen molar-refractivity contribution in [2.45, 2.75) is 5.92 Å². The van der Waals surface area contributed by atoms with E-state index in [2.05, 4.69) is 5.32 Å². The summed E-state index contributed by atoms with van der Waals surface area (Å²) < 4.78 is 13.9. The molecule has 0 aliphatic carbocycles. The molecular weight excluding hydrogens is 241 g/mol. The van der Waals surface area contributed by atoms with E-state index in [1.807, 2.05) is 0 Å². The van der Waals surface area contributed by atoms with Crippen molar-refractivity contribution in [1.29, 1.82) is 0 Å². The number of hydrogen-bond donors (Lipinski definition) is 2. The van der Waals surface area contributed by atoms with Crippen molar-refractivity contribution in [1.82, 2.24) is 0 Å². The van der Waals surface area contributed by atoms with Crippen LogP contribution < -0.4 is 5.32 Å². The Morgan fingerprint density at radius 1 is 1.47 bits per heavy atom. The van der Waals surface area contributed by atoms with E-state index in [-0.39, 0.29) is 17.5 Å². The number of fused-ring (bicyclic) bond motifs is 3. The zero-order valence-electron chi connectivity index (χ0n) is 9.00. The number of hydrogen-bond acceptors (Lipinski definition) is 2. The monoisotopic (exact) mass is 251 g/mol. The van der Waals surface area contributed by atoms with Gasteiger partial charge in [0, 0.05) is 40.9 Å². The molecule has 1 heterocycles. The molecule has 0 bridgehead atoms. The molecule has 0 aromatic heterocycles. The van der Waals surface area contributed by atoms with Crippen molar-refractivity contribution in [2.24, 2.45) is 0 Å². The van der Waals surface area contributed by atoms with E-state index >= 15 is 0 Å². The van der Waals surface area contributed by atoms with Gasteiger partial charge in [-0.1, -0.05) is 12.1 Å². The largest absolute Gasteiger partial charge is 0.507 e. The molecule has 0 fully saturated rings. The molecule has 17 heavy (non-hydrogen) atoms. The number of rotatable bonds is 1. The lowest BCUT2D eigenvalue weighted by molar-refractivity contribution is 0.481. The Kier molecular flexibility index (Phi) is 2.37. The van der Waals surface area contributed by atoms with Crippen molar-refractivity contribution >= 4 is 28.1 Å². The molecule has 3 rings (SSSR count). The highest BCUT2D eigenvalue weighted by Crippen LogP contribution is 2.42. The van der Waals surface area contributed by atoms with E-state index in [1.54, 1.807) is 18.2 Å². The summed E-state index contributed by atoms with van der Waals surface area (Å²) in [6.45, 7) is 0.686. The topological polar surface area (TPSA) is 32.3 Å². The zero-order chi connectivity index (χ0) is 12.0. The summed E-state index contributed by atoms with van der Waals surface area (Å²) in [6, 6.07) is 6.37. The molecule has 2 nitrogen and oxygen atoms in total. The molecule has 2 N–H and O–H groups in total. The molecule has 1 aliphatic rings. The van der Waals surface area contributed by atoms with Gasteiger partial charge in [-0.25, -0.2) is 4.39 Å². The predicted octanol–water partition coefficient (Wildman–Crippen LogP) is 3.43. The molecule has 4 heteroatoms. The van der Waals surface area contributed by atoms with Crippen molar-refractivity contribution in [3.05, 3.63) is 35.6 Å². The minimum Gasteiger partial charge on any atom is -0.507 e. The summed E-state index contributed by atoms with van der Waals surface area (Å²) >= 11 is 5.90. The molecule has 0 saturated carbocycles. The van der Waals surface area contributed by atoms with Crippen LogP contribution in [0.2, 0.25) is 0 Å². The molecule has 0 saturated heterocycles. The highest BCUT2D eigenvalue weighted by Gasteiger charge is 2.26. The number of aromatic hydroxyl groups is 1. The van der Waals surface area contributed by atoms with E-state index in [4.69, 9.17) is 11.6 Å². The summed E-state index contributed by atoms with van der Waals surface area (Å²) in [5, 5.41) is 14.1. The second-order valence-corrected chi connectivity index (χ2v) is 4.56. The first-order valence-electron chi connectivity index (χ1n) is 5.46. The highest BCUT2D eigenvalue weighted by molar-refractivity contribution is 6.18. The lowest BCUT2D eigenvalue weighted by atomic mass is 9.95. The lowest BCUT2D eigenvalue weighted by Gasteiger charge is -2.11. The van der Waals surface area contributed by atoms with Crippen LogP contribution in [-0.4, -0.2) is 17.5 Å². The average molecular weight is 252 g/mol. The second-order valence-electron chi connectivity index (χ2n) is 4.25. The van der Waals surface area contributed by atoms with E-state index in [0.717, 1.165) is 11.3 Å². The van der Waals surface area contributed by atoms with Gasteiger partial charge in [-0.3, -0.25) is 0 Å². The fraction of sp³-hybridized carbons (Fsp3) is 0.231. The number of anilines is 1. The fourth-order valence-electron chi connectivity index (χ4n) is 2.48. The zero-order valence-corrected chi connectivity index (χ0v) is 9.76. The predicted molar refractivity (Wildman–Crippen MR) is 67.5 cm³/mol. The first-order chi connectivity index (χ1) is 8.22. The van der Waals surface area contributed by atoms with Gasteiger partial charge >= 0.3 is 0 Å². The van der Waals surface area contributed by atoms with Crippen molar-refractivity contribution in [2.75, 3.05) is 17.7 Å². The third kappa shape index (κ3) is 1.46. The lowest BCUT2D eigenvalue weighted by Crippen LogP contribution is -2.03. The van der Waals surface area contributed by atoms with Crippen LogP contribution in [0.5, 0.6) is 5.75 Å². The Hall–Kier alpha value is -1.48. The first kappa shape index (κ1) is 10.7. The molecule has 1 aliphatic heterocycles. The summed E-state index contributed by atoms with van der Waals surface area (Å²) in [5.41, 5.74) is 1.66. The molecule has 0 radical (unpaired) electrons. The van der Waals surface area contributed by atoms with Crippen LogP contribution in [0.4, 0.5) is 10.1 Å². The standard InChI is InChI=1S/C13H11ClFNO/c14-5-7-6-16-10-4-11(17)8-2-1-3-9(15)13(8)12(7)10/h1-4,7,16-17H,5-6H2/t7-/m1/s1. The Morgan fingerprint density at radius 3 is 3.06 bits per heavy atom. The smallest absolute Gasteiger partial charge is 0.131 e. The molecule has 0 amide bonds. The average Bonchev–Trinajstić information content (AvgIpc) is 2.72. The Bertz CT molecular complexity index is 599. The summed E-state index contributed by atoms with van der Waals surface area (Å²) in [6.07, 6.45) is 0. The minimum absolute atomic E-state index is 0.0895. The first-order valence-corrected chi connectivity index (χ1v) is 5.99. The number of nitrogens with one attached hydrogen (secondary N) is 1. The van der Waals surface area contributed by atoms with Gasteiger partial charge in [0.2, 0.25) is 0 Å². The van der Waals surface area contributed by atoms with E-state index in [1.165, 1.54) is 6.07 Å². The van der Waals surface area contributed by atoms with Gasteiger partial charge in [0.25, 0.3) is 0 Å². The van der Waals surface area contributed by atoms with Gasteiger partial charge in [-0.2, -0.15) is 0 Å². The van der Waals surface area contributed by atoms with Gasteiger partial charge in [-0.05, 0) is 11.6 Å². The maximum Gasteiger partial charge on any atom is 0.131 e. The summed E-state index contributed by atoms with van der Waals surface area (Å²) in [7, 11) is 0. The van der Waals surface area contributed by atoms with Crippen LogP contribution in [0.1, 0.15) is 11.5 Å². The van der Waals surface area contributed by atoms with Crippen molar-refractivity contribution in [3.8, 4) is 5.75 Å². The van der Waals surface area contributed by atoms with Gasteiger partial charge in [-0.15, -0.1) is 11.6 Å². The number of benzene rings is 2. The molecule has 88 valence electrons. The van der Waals surface area contributed by atoms with Gasteiger partial charge < -0.3 is 10.4 Å². The summed E-state index contributed by atoms with van der Waals surface area (Å²) in [4.78, 5) is 0. The van der Waals surface area contributed by atoms with Gasteiger partial charge in [0.05, 0.1) is 0 Å². The van der Waals surface area contributed by atoms with Crippen LogP contribution >= 0.6 is 11.6 Å². The van der Waals surface area contributed by atoms with Crippen molar-refractivity contribution < 1.29 is 9.50 Å². The van der Waals surface area contributed by atoms with Crippen LogP contribution in [0.15, 0.2) is 24.3 Å². The number of phenols is 1. The van der Waals surface area contributed by atoms with Gasteiger partial charge in [0.15, 0.2) is 0 Å². The van der Waals surface area contributed by atoms with Crippen LogP contribution in [0.25, 0.3) is 10.8 Å². The molecular formula is C13H11ClFNO. The highest BCUT2D eigenvalue weighted by atomic mass is 35.5. The third-order valence-electron chi connectivity index (χ3n) is 3.26. The normalized spacial score (nSPS) is 18.1. The summed E-state index contributed by atoms with van der Waals surface area (Å²) in [5.74, 6) is 0.315. The molecule has 2 aromatic carbocycles. The van der Waals surface area contributed by atoms with E-state index in [0.29, 0.717) is 23.2 Å². The fourth-order valence-corrected chi connectivity index (χ4v) is 2.74.